The van der Waals surface area contributed by atoms with E-state index in [1.165, 1.54) is 5.57 Å². The van der Waals surface area contributed by atoms with Crippen molar-refractivity contribution < 1.29 is 9.47 Å². The lowest BCUT2D eigenvalue weighted by molar-refractivity contribution is -0.00210. The SMILES string of the molecule is CC(C)=CC1OCCO1. The molecule has 1 aliphatic heterocycles. The van der Waals surface area contributed by atoms with Crippen molar-refractivity contribution >= 4 is 0 Å². The number of hydrogen-bond acceptors (Lipinski definition) is 2. The third-order valence-corrected chi connectivity index (χ3v) is 1.12. The highest BCUT2D eigenvalue weighted by atomic mass is 16.7. The summed E-state index contributed by atoms with van der Waals surface area (Å²) >= 11 is 0. The minimum Gasteiger partial charge on any atom is -0.347 e. The first-order valence-electron chi connectivity index (χ1n) is 3.17. The highest BCUT2D eigenvalue weighted by molar-refractivity contribution is 4.96. The molecule has 52 valence electrons. The van der Waals surface area contributed by atoms with Crippen LogP contribution in [0.4, 0.5) is 0 Å². The lowest BCUT2D eigenvalue weighted by Gasteiger charge is -2.01. The molecule has 0 N–H and O–H groups in total. The van der Waals surface area contributed by atoms with Crippen molar-refractivity contribution in [3.05, 3.63) is 11.6 Å². The van der Waals surface area contributed by atoms with Crippen LogP contribution in [0, 0.1) is 0 Å². The molecule has 0 aromatic heterocycles. The van der Waals surface area contributed by atoms with Crippen molar-refractivity contribution in [1.29, 1.82) is 0 Å². The Balaban J connectivity index is 2.35. The Kier molecular flexibility index (Phi) is 2.25. The van der Waals surface area contributed by atoms with Crippen LogP contribution < -0.4 is 0 Å². The molecule has 0 aromatic rings. The predicted molar refractivity (Wildman–Crippen MR) is 35.1 cm³/mol. The Labute approximate surface area is 55.5 Å². The first-order valence-corrected chi connectivity index (χ1v) is 3.17. The Morgan fingerprint density at radius 1 is 1.33 bits per heavy atom. The standard InChI is InChI=1S/C7H12O2/c1-6(2)5-7-8-3-4-9-7/h5,7H,3-4H2,1-2H3. The molecule has 2 nitrogen and oxygen atoms in total. The van der Waals surface area contributed by atoms with Gasteiger partial charge in [0.1, 0.15) is 0 Å². The van der Waals surface area contributed by atoms with Crippen LogP contribution in [-0.2, 0) is 9.47 Å². The molecular weight excluding hydrogens is 116 g/mol. The van der Waals surface area contributed by atoms with E-state index in [2.05, 4.69) is 0 Å². The monoisotopic (exact) mass is 128 g/mol. The zero-order chi connectivity index (χ0) is 6.69. The summed E-state index contributed by atoms with van der Waals surface area (Å²) in [7, 11) is 0. The molecule has 0 bridgehead atoms. The molecular formula is C7H12O2. The molecule has 0 spiro atoms. The summed E-state index contributed by atoms with van der Waals surface area (Å²) in [6, 6.07) is 0. The molecule has 0 amide bonds. The van der Waals surface area contributed by atoms with Gasteiger partial charge in [0.05, 0.1) is 13.2 Å². The van der Waals surface area contributed by atoms with Crippen molar-refractivity contribution in [3.8, 4) is 0 Å². The Bertz CT molecular complexity index is 108. The van der Waals surface area contributed by atoms with Gasteiger partial charge in [0.15, 0.2) is 6.29 Å². The summed E-state index contributed by atoms with van der Waals surface area (Å²) in [6.45, 7) is 5.53. The second-order valence-electron chi connectivity index (χ2n) is 2.35. The molecule has 9 heavy (non-hydrogen) atoms. The number of rotatable bonds is 1. The molecule has 2 heteroatoms. The molecule has 0 aliphatic carbocycles. The van der Waals surface area contributed by atoms with Crippen LogP contribution in [0.5, 0.6) is 0 Å². The summed E-state index contributed by atoms with van der Waals surface area (Å²) in [5, 5.41) is 0. The first kappa shape index (κ1) is 6.78. The maximum atomic E-state index is 5.17. The number of hydrogen-bond donors (Lipinski definition) is 0. The number of ether oxygens (including phenoxy) is 2. The van der Waals surface area contributed by atoms with E-state index in [-0.39, 0.29) is 6.29 Å². The fraction of sp³-hybridized carbons (Fsp3) is 0.714. The van der Waals surface area contributed by atoms with Gasteiger partial charge in [-0.3, -0.25) is 0 Å². The van der Waals surface area contributed by atoms with Crippen LogP contribution in [0.25, 0.3) is 0 Å². The minimum atomic E-state index is -0.0741. The summed E-state index contributed by atoms with van der Waals surface area (Å²) < 4.78 is 10.3. The average molecular weight is 128 g/mol. The first-order chi connectivity index (χ1) is 4.29. The summed E-state index contributed by atoms with van der Waals surface area (Å²) in [5.41, 5.74) is 1.24. The van der Waals surface area contributed by atoms with Crippen molar-refractivity contribution in [1.82, 2.24) is 0 Å². The van der Waals surface area contributed by atoms with Gasteiger partial charge >= 0.3 is 0 Å². The largest absolute Gasteiger partial charge is 0.347 e. The molecule has 0 unspecified atom stereocenters. The van der Waals surface area contributed by atoms with Gasteiger partial charge in [-0.1, -0.05) is 5.57 Å². The van der Waals surface area contributed by atoms with Crippen molar-refractivity contribution in [2.45, 2.75) is 20.1 Å². The highest BCUT2D eigenvalue weighted by Crippen LogP contribution is 2.06. The van der Waals surface area contributed by atoms with Gasteiger partial charge in [-0.05, 0) is 19.9 Å². The van der Waals surface area contributed by atoms with Gasteiger partial charge in [-0.15, -0.1) is 0 Å². The highest BCUT2D eigenvalue weighted by Gasteiger charge is 2.11. The zero-order valence-electron chi connectivity index (χ0n) is 5.89. The van der Waals surface area contributed by atoms with Crippen molar-refractivity contribution in [3.63, 3.8) is 0 Å². The second kappa shape index (κ2) is 2.99. The smallest absolute Gasteiger partial charge is 0.177 e. The van der Waals surface area contributed by atoms with E-state index in [0.717, 1.165) is 13.2 Å². The van der Waals surface area contributed by atoms with Crippen LogP contribution in [-0.4, -0.2) is 19.5 Å². The fourth-order valence-corrected chi connectivity index (χ4v) is 0.745. The maximum Gasteiger partial charge on any atom is 0.177 e. The van der Waals surface area contributed by atoms with E-state index in [1.807, 2.05) is 19.9 Å². The molecule has 0 aromatic carbocycles. The summed E-state index contributed by atoms with van der Waals surface area (Å²) in [4.78, 5) is 0. The fourth-order valence-electron chi connectivity index (χ4n) is 0.745. The molecule has 1 fully saturated rings. The van der Waals surface area contributed by atoms with E-state index in [1.54, 1.807) is 0 Å². The van der Waals surface area contributed by atoms with Crippen LogP contribution in [0.15, 0.2) is 11.6 Å². The molecule has 0 radical (unpaired) electrons. The summed E-state index contributed by atoms with van der Waals surface area (Å²) in [5.74, 6) is 0. The molecule has 1 rings (SSSR count). The van der Waals surface area contributed by atoms with Crippen LogP contribution in [0.2, 0.25) is 0 Å². The lowest BCUT2D eigenvalue weighted by Crippen LogP contribution is -2.02. The third kappa shape index (κ3) is 2.16. The van der Waals surface area contributed by atoms with Gasteiger partial charge in [-0.25, -0.2) is 0 Å². The van der Waals surface area contributed by atoms with E-state index in [9.17, 15) is 0 Å². The Hall–Kier alpha value is -0.340. The van der Waals surface area contributed by atoms with Crippen molar-refractivity contribution in [2.24, 2.45) is 0 Å². The second-order valence-corrected chi connectivity index (χ2v) is 2.35. The van der Waals surface area contributed by atoms with E-state index in [4.69, 9.17) is 9.47 Å². The Morgan fingerprint density at radius 3 is 2.33 bits per heavy atom. The summed E-state index contributed by atoms with van der Waals surface area (Å²) in [6.07, 6.45) is 1.91. The van der Waals surface area contributed by atoms with Crippen molar-refractivity contribution in [2.75, 3.05) is 13.2 Å². The lowest BCUT2D eigenvalue weighted by atomic mass is 10.3. The molecule has 1 saturated heterocycles. The molecule has 1 heterocycles. The normalized spacial score (nSPS) is 20.2. The van der Waals surface area contributed by atoms with E-state index >= 15 is 0 Å². The quantitative estimate of drug-likeness (QED) is 0.496. The molecule has 1 aliphatic rings. The van der Waals surface area contributed by atoms with Gasteiger partial charge < -0.3 is 9.47 Å². The predicted octanol–water partition coefficient (Wildman–Crippen LogP) is 1.33. The van der Waals surface area contributed by atoms with E-state index < -0.39 is 0 Å². The minimum absolute atomic E-state index is 0.0741. The average Bonchev–Trinajstić information content (AvgIpc) is 2.15. The van der Waals surface area contributed by atoms with E-state index in [0.29, 0.717) is 0 Å². The van der Waals surface area contributed by atoms with Crippen LogP contribution in [0.3, 0.4) is 0 Å². The Morgan fingerprint density at radius 2 is 1.89 bits per heavy atom. The van der Waals surface area contributed by atoms with Crippen LogP contribution >= 0.6 is 0 Å². The topological polar surface area (TPSA) is 18.5 Å². The van der Waals surface area contributed by atoms with Gasteiger partial charge in [0.2, 0.25) is 0 Å². The van der Waals surface area contributed by atoms with Gasteiger partial charge in [0, 0.05) is 0 Å². The van der Waals surface area contributed by atoms with Gasteiger partial charge in [0.25, 0.3) is 0 Å². The number of allylic oxidation sites excluding steroid dienone is 1. The zero-order valence-corrected chi connectivity index (χ0v) is 5.89. The maximum absolute atomic E-state index is 5.17. The van der Waals surface area contributed by atoms with Crippen LogP contribution in [0.1, 0.15) is 13.8 Å². The third-order valence-electron chi connectivity index (χ3n) is 1.12. The molecule has 0 saturated carbocycles. The molecule has 0 atom stereocenters. The van der Waals surface area contributed by atoms with Gasteiger partial charge in [-0.2, -0.15) is 0 Å².